The van der Waals surface area contributed by atoms with Gasteiger partial charge in [0.15, 0.2) is 0 Å². The highest BCUT2D eigenvalue weighted by atomic mass is 19.4. The van der Waals surface area contributed by atoms with Crippen molar-refractivity contribution in [1.82, 2.24) is 0 Å². The van der Waals surface area contributed by atoms with Crippen LogP contribution in [0.5, 0.6) is 0 Å². The summed E-state index contributed by atoms with van der Waals surface area (Å²) in [5, 5.41) is 10.6. The molecule has 2 N–H and O–H groups in total. The SMILES string of the molecule is Cc1ccc(C(CN)C(F)(F)F)cc1[N+](=O)[O-]. The number of nitro benzene ring substituents is 1. The molecule has 0 amide bonds. The first-order valence-electron chi connectivity index (χ1n) is 4.79. The van der Waals surface area contributed by atoms with Crippen molar-refractivity contribution in [1.29, 1.82) is 0 Å². The Morgan fingerprint density at radius 1 is 1.47 bits per heavy atom. The molecule has 0 saturated carbocycles. The number of alkyl halides is 3. The molecule has 0 aliphatic carbocycles. The summed E-state index contributed by atoms with van der Waals surface area (Å²) in [7, 11) is 0. The molecule has 1 atom stereocenters. The van der Waals surface area contributed by atoms with Crippen molar-refractivity contribution in [2.75, 3.05) is 6.54 Å². The molecule has 0 heterocycles. The van der Waals surface area contributed by atoms with Crippen molar-refractivity contribution < 1.29 is 18.1 Å². The monoisotopic (exact) mass is 248 g/mol. The number of nitrogens with zero attached hydrogens (tertiary/aromatic N) is 1. The summed E-state index contributed by atoms with van der Waals surface area (Å²) in [6, 6.07) is 3.44. The molecular formula is C10H11F3N2O2. The lowest BCUT2D eigenvalue weighted by Crippen LogP contribution is -2.28. The normalized spacial score (nSPS) is 13.5. The molecule has 0 aliphatic rings. The number of nitro groups is 1. The van der Waals surface area contributed by atoms with Crippen LogP contribution in [-0.4, -0.2) is 17.6 Å². The van der Waals surface area contributed by atoms with Crippen molar-refractivity contribution in [3.63, 3.8) is 0 Å². The summed E-state index contributed by atoms with van der Waals surface area (Å²) in [5.74, 6) is -1.87. The second kappa shape index (κ2) is 4.70. The number of nitrogens with two attached hydrogens (primary N) is 1. The zero-order chi connectivity index (χ0) is 13.2. The molecule has 0 radical (unpaired) electrons. The molecule has 0 aromatic heterocycles. The van der Waals surface area contributed by atoms with Gasteiger partial charge in [-0.05, 0) is 12.5 Å². The summed E-state index contributed by atoms with van der Waals surface area (Å²) >= 11 is 0. The maximum absolute atomic E-state index is 12.6. The van der Waals surface area contributed by atoms with Crippen LogP contribution in [0.4, 0.5) is 18.9 Å². The number of hydrogen-bond acceptors (Lipinski definition) is 3. The zero-order valence-electron chi connectivity index (χ0n) is 8.99. The van der Waals surface area contributed by atoms with Crippen molar-refractivity contribution >= 4 is 5.69 Å². The fourth-order valence-electron chi connectivity index (χ4n) is 1.50. The van der Waals surface area contributed by atoms with Crippen LogP contribution in [0, 0.1) is 17.0 Å². The van der Waals surface area contributed by atoms with E-state index in [2.05, 4.69) is 0 Å². The Balaban J connectivity index is 3.23. The summed E-state index contributed by atoms with van der Waals surface area (Å²) < 4.78 is 37.8. The second-order valence-corrected chi connectivity index (χ2v) is 3.63. The molecule has 0 spiro atoms. The van der Waals surface area contributed by atoms with E-state index in [1.807, 2.05) is 0 Å². The molecule has 1 aromatic rings. The third kappa shape index (κ3) is 2.94. The van der Waals surface area contributed by atoms with Gasteiger partial charge < -0.3 is 5.73 Å². The van der Waals surface area contributed by atoms with E-state index in [-0.39, 0.29) is 11.3 Å². The maximum Gasteiger partial charge on any atom is 0.396 e. The Morgan fingerprint density at radius 3 is 2.47 bits per heavy atom. The third-order valence-corrected chi connectivity index (χ3v) is 2.46. The first kappa shape index (κ1) is 13.4. The lowest BCUT2D eigenvalue weighted by Gasteiger charge is -2.18. The van der Waals surface area contributed by atoms with Gasteiger partial charge in [0, 0.05) is 18.2 Å². The molecule has 7 heteroatoms. The highest BCUT2D eigenvalue weighted by Gasteiger charge is 2.40. The highest BCUT2D eigenvalue weighted by Crippen LogP contribution is 2.35. The van der Waals surface area contributed by atoms with Crippen LogP contribution in [0.2, 0.25) is 0 Å². The van der Waals surface area contributed by atoms with Crippen LogP contribution in [0.15, 0.2) is 18.2 Å². The van der Waals surface area contributed by atoms with E-state index in [4.69, 9.17) is 5.73 Å². The van der Waals surface area contributed by atoms with Crippen LogP contribution in [0.3, 0.4) is 0 Å². The zero-order valence-corrected chi connectivity index (χ0v) is 8.99. The Kier molecular flexibility index (Phi) is 3.72. The first-order valence-corrected chi connectivity index (χ1v) is 4.79. The van der Waals surface area contributed by atoms with Crippen LogP contribution >= 0.6 is 0 Å². The van der Waals surface area contributed by atoms with E-state index in [1.54, 1.807) is 0 Å². The van der Waals surface area contributed by atoms with Crippen LogP contribution < -0.4 is 5.73 Å². The second-order valence-electron chi connectivity index (χ2n) is 3.63. The predicted octanol–water partition coefficient (Wildman–Crippen LogP) is 2.51. The summed E-state index contributed by atoms with van der Waals surface area (Å²) in [5.41, 5.74) is 4.87. The number of aryl methyl sites for hydroxylation is 1. The number of rotatable bonds is 3. The predicted molar refractivity (Wildman–Crippen MR) is 55.7 cm³/mol. The molecule has 17 heavy (non-hydrogen) atoms. The lowest BCUT2D eigenvalue weighted by atomic mass is 9.97. The molecule has 0 fully saturated rings. The topological polar surface area (TPSA) is 69.2 Å². The Hall–Kier alpha value is -1.63. The van der Waals surface area contributed by atoms with Gasteiger partial charge in [0.2, 0.25) is 0 Å². The highest BCUT2D eigenvalue weighted by molar-refractivity contribution is 5.43. The van der Waals surface area contributed by atoms with Crippen LogP contribution in [0.25, 0.3) is 0 Å². The van der Waals surface area contributed by atoms with Crippen molar-refractivity contribution in [2.45, 2.75) is 19.0 Å². The molecule has 1 unspecified atom stereocenters. The van der Waals surface area contributed by atoms with Crippen molar-refractivity contribution in [3.05, 3.63) is 39.4 Å². The summed E-state index contributed by atoms with van der Waals surface area (Å²) in [4.78, 5) is 9.92. The third-order valence-electron chi connectivity index (χ3n) is 2.46. The molecule has 4 nitrogen and oxygen atoms in total. The minimum Gasteiger partial charge on any atom is -0.330 e. The van der Waals surface area contributed by atoms with Crippen molar-refractivity contribution in [3.8, 4) is 0 Å². The Bertz CT molecular complexity index is 432. The van der Waals surface area contributed by atoms with Crippen LogP contribution in [0.1, 0.15) is 17.0 Å². The lowest BCUT2D eigenvalue weighted by molar-refractivity contribution is -0.385. The van der Waals surface area contributed by atoms with Crippen LogP contribution in [-0.2, 0) is 0 Å². The molecular weight excluding hydrogens is 237 g/mol. The van der Waals surface area contributed by atoms with Gasteiger partial charge in [-0.15, -0.1) is 0 Å². The van der Waals surface area contributed by atoms with E-state index >= 15 is 0 Å². The van der Waals surface area contributed by atoms with Gasteiger partial charge in [-0.3, -0.25) is 10.1 Å². The quantitative estimate of drug-likeness (QED) is 0.660. The first-order chi connectivity index (χ1) is 7.77. The van der Waals surface area contributed by atoms with E-state index in [9.17, 15) is 23.3 Å². The minimum atomic E-state index is -4.50. The summed E-state index contributed by atoms with van der Waals surface area (Å²) in [6.07, 6.45) is -4.50. The average Bonchev–Trinajstić information content (AvgIpc) is 2.19. The van der Waals surface area contributed by atoms with Gasteiger partial charge in [-0.25, -0.2) is 0 Å². The number of benzene rings is 1. The Labute approximate surface area is 95.4 Å². The number of hydrogen-bond donors (Lipinski definition) is 1. The average molecular weight is 248 g/mol. The molecule has 0 saturated heterocycles. The Morgan fingerprint density at radius 2 is 2.06 bits per heavy atom. The minimum absolute atomic E-state index is 0.183. The van der Waals surface area contributed by atoms with E-state index in [1.165, 1.54) is 19.1 Å². The van der Waals surface area contributed by atoms with E-state index in [0.29, 0.717) is 5.56 Å². The molecule has 0 bridgehead atoms. The molecule has 1 rings (SSSR count). The van der Waals surface area contributed by atoms with E-state index in [0.717, 1.165) is 6.07 Å². The standard InChI is InChI=1S/C10H11F3N2O2/c1-6-2-3-7(4-9(6)15(16)17)8(5-14)10(11,12)13/h2-4,8H,5,14H2,1H3. The fourth-order valence-corrected chi connectivity index (χ4v) is 1.50. The largest absolute Gasteiger partial charge is 0.396 e. The molecule has 1 aromatic carbocycles. The smallest absolute Gasteiger partial charge is 0.330 e. The van der Waals surface area contributed by atoms with Gasteiger partial charge in [-0.2, -0.15) is 13.2 Å². The maximum atomic E-state index is 12.6. The van der Waals surface area contributed by atoms with Gasteiger partial charge in [0.25, 0.3) is 5.69 Å². The summed E-state index contributed by atoms with van der Waals surface area (Å²) in [6.45, 7) is 0.830. The molecule has 94 valence electrons. The fraction of sp³-hybridized carbons (Fsp3) is 0.400. The number of halogens is 3. The molecule has 0 aliphatic heterocycles. The van der Waals surface area contributed by atoms with Gasteiger partial charge >= 0.3 is 6.18 Å². The van der Waals surface area contributed by atoms with Gasteiger partial charge in [0.1, 0.15) is 0 Å². The van der Waals surface area contributed by atoms with Crippen molar-refractivity contribution in [2.24, 2.45) is 5.73 Å². The van der Waals surface area contributed by atoms with Gasteiger partial charge in [0.05, 0.1) is 10.8 Å². The van der Waals surface area contributed by atoms with E-state index < -0.39 is 23.6 Å². The van der Waals surface area contributed by atoms with Gasteiger partial charge in [-0.1, -0.05) is 12.1 Å².